The van der Waals surface area contributed by atoms with E-state index in [1.807, 2.05) is 0 Å². The Kier molecular flexibility index (Phi) is 7.86. The van der Waals surface area contributed by atoms with Crippen LogP contribution in [0.25, 0.3) is 0 Å². The molecule has 0 aliphatic rings. The van der Waals surface area contributed by atoms with Crippen molar-refractivity contribution < 1.29 is 39.5 Å². The Balaban J connectivity index is 2.27. The zero-order chi connectivity index (χ0) is 26.1. The number of rotatable bonds is 7. The number of benzene rings is 2. The lowest BCUT2D eigenvalue weighted by molar-refractivity contribution is -0.143. The van der Waals surface area contributed by atoms with Gasteiger partial charge in [0.15, 0.2) is 0 Å². The second-order valence-electron chi connectivity index (χ2n) is 8.03. The molecule has 0 saturated carbocycles. The van der Waals surface area contributed by atoms with Gasteiger partial charge in [-0.15, -0.1) is 11.8 Å². The molecule has 0 bridgehead atoms. The molecule has 0 aromatic heterocycles. The summed E-state index contributed by atoms with van der Waals surface area (Å²) >= 11 is 0.710. The topological polar surface area (TPSA) is 24.1 Å². The van der Waals surface area contributed by atoms with Gasteiger partial charge < -0.3 is 10.6 Å². The third kappa shape index (κ3) is 7.00. The first-order valence-corrected chi connectivity index (χ1v) is 10.6. The van der Waals surface area contributed by atoms with Gasteiger partial charge in [-0.2, -0.15) is 39.5 Å². The van der Waals surface area contributed by atoms with Crippen LogP contribution in [0, 0.1) is 5.41 Å². The maximum Gasteiger partial charge on any atom is 0.418 e. The maximum absolute atomic E-state index is 13.5. The summed E-state index contributed by atoms with van der Waals surface area (Å²) in [5.74, 6) is -0.0621. The van der Waals surface area contributed by atoms with Crippen LogP contribution in [0.4, 0.5) is 50.9 Å². The molecule has 2 nitrogen and oxygen atoms in total. The highest BCUT2D eigenvalue weighted by Gasteiger charge is 2.38. The summed E-state index contributed by atoms with van der Waals surface area (Å²) < 4.78 is 119. The van der Waals surface area contributed by atoms with E-state index in [2.05, 4.69) is 17.2 Å². The van der Waals surface area contributed by atoms with E-state index in [1.54, 1.807) is 13.8 Å². The van der Waals surface area contributed by atoms with Crippen molar-refractivity contribution in [1.82, 2.24) is 0 Å². The molecule has 0 aliphatic carbocycles. The number of allylic oxidation sites excluding steroid dienone is 1. The van der Waals surface area contributed by atoms with E-state index in [1.165, 1.54) is 19.2 Å². The quantitative estimate of drug-likeness (QED) is 0.285. The standard InChI is InChI=1S/C22H21F9N2S/c1-12(33-18-6-5-15(32-4)10-17(18)22(29,30)31)19(2,3)11-34-16-8-13(20(23,24)25)7-14(9-16)21(26,27)28/h5-10,32-33H,1,11H2,2-4H3. The van der Waals surface area contributed by atoms with Crippen molar-refractivity contribution >= 4 is 23.1 Å². The molecular weight excluding hydrogens is 495 g/mol. The minimum Gasteiger partial charge on any atom is -0.388 e. The van der Waals surface area contributed by atoms with Gasteiger partial charge in [0.1, 0.15) is 0 Å². The fourth-order valence-electron chi connectivity index (χ4n) is 2.74. The Morgan fingerprint density at radius 1 is 0.824 bits per heavy atom. The SMILES string of the molecule is C=C(Nc1ccc(NC)cc1C(F)(F)F)C(C)(C)CSc1cc(C(F)(F)F)cc(C(F)(F)F)c1. The van der Waals surface area contributed by atoms with Crippen molar-refractivity contribution in [1.29, 1.82) is 0 Å². The Bertz CT molecular complexity index is 1010. The van der Waals surface area contributed by atoms with Crippen LogP contribution < -0.4 is 10.6 Å². The number of thioether (sulfide) groups is 1. The van der Waals surface area contributed by atoms with Crippen LogP contribution >= 0.6 is 11.8 Å². The van der Waals surface area contributed by atoms with Crippen LogP contribution in [0.15, 0.2) is 53.6 Å². The summed E-state index contributed by atoms with van der Waals surface area (Å²) in [6, 6.07) is 4.75. The Hall–Kier alpha value is -2.50. The van der Waals surface area contributed by atoms with Gasteiger partial charge in [-0.3, -0.25) is 0 Å². The second-order valence-corrected chi connectivity index (χ2v) is 9.07. The zero-order valence-electron chi connectivity index (χ0n) is 18.2. The monoisotopic (exact) mass is 516 g/mol. The third-order valence-corrected chi connectivity index (χ3v) is 6.31. The highest BCUT2D eigenvalue weighted by atomic mass is 32.2. The molecule has 0 atom stereocenters. The van der Waals surface area contributed by atoms with Crippen LogP contribution in [0.3, 0.4) is 0 Å². The number of halogens is 9. The highest BCUT2D eigenvalue weighted by molar-refractivity contribution is 7.99. The fraction of sp³-hybridized carbons (Fsp3) is 0.364. The molecule has 2 aromatic rings. The van der Waals surface area contributed by atoms with Gasteiger partial charge in [0, 0.05) is 34.5 Å². The van der Waals surface area contributed by atoms with Crippen LogP contribution in [0.5, 0.6) is 0 Å². The molecule has 188 valence electrons. The molecule has 2 rings (SSSR count). The number of alkyl halides is 9. The summed E-state index contributed by atoms with van der Waals surface area (Å²) in [5.41, 5.74) is -4.82. The largest absolute Gasteiger partial charge is 0.418 e. The van der Waals surface area contributed by atoms with Gasteiger partial charge in [0.25, 0.3) is 0 Å². The van der Waals surface area contributed by atoms with Gasteiger partial charge >= 0.3 is 18.5 Å². The number of nitrogens with one attached hydrogen (secondary N) is 2. The van der Waals surface area contributed by atoms with Crippen molar-refractivity contribution in [2.24, 2.45) is 5.41 Å². The average molecular weight is 516 g/mol. The lowest BCUT2D eigenvalue weighted by atomic mass is 9.92. The summed E-state index contributed by atoms with van der Waals surface area (Å²) in [6.07, 6.45) is -14.6. The molecule has 0 amide bonds. The first-order valence-electron chi connectivity index (χ1n) is 9.62. The molecule has 0 spiro atoms. The Morgan fingerprint density at radius 3 is 1.79 bits per heavy atom. The normalized spacial score (nSPS) is 13.1. The Morgan fingerprint density at radius 2 is 1.35 bits per heavy atom. The number of anilines is 2. The van der Waals surface area contributed by atoms with E-state index in [0.717, 1.165) is 6.07 Å². The molecular formula is C22H21F9N2S. The van der Waals surface area contributed by atoms with Gasteiger partial charge in [-0.1, -0.05) is 20.4 Å². The minimum absolute atomic E-state index is 0.0309. The van der Waals surface area contributed by atoms with E-state index in [9.17, 15) is 39.5 Å². The van der Waals surface area contributed by atoms with E-state index in [-0.39, 0.29) is 33.8 Å². The molecule has 34 heavy (non-hydrogen) atoms. The van der Waals surface area contributed by atoms with Crippen molar-refractivity contribution in [2.75, 3.05) is 23.4 Å². The smallest absolute Gasteiger partial charge is 0.388 e. The molecule has 0 fully saturated rings. The van der Waals surface area contributed by atoms with E-state index in [0.29, 0.717) is 23.9 Å². The first kappa shape index (κ1) is 27.7. The molecule has 0 unspecified atom stereocenters. The van der Waals surface area contributed by atoms with Crippen LogP contribution in [-0.2, 0) is 18.5 Å². The van der Waals surface area contributed by atoms with Crippen LogP contribution in [0.1, 0.15) is 30.5 Å². The number of hydrogen-bond donors (Lipinski definition) is 2. The van der Waals surface area contributed by atoms with E-state index >= 15 is 0 Å². The highest BCUT2D eigenvalue weighted by Crippen LogP contribution is 2.42. The molecule has 0 heterocycles. The van der Waals surface area contributed by atoms with Crippen molar-refractivity contribution in [3.8, 4) is 0 Å². The van der Waals surface area contributed by atoms with Crippen molar-refractivity contribution in [3.05, 3.63) is 65.4 Å². The molecule has 0 saturated heterocycles. The van der Waals surface area contributed by atoms with Crippen LogP contribution in [-0.4, -0.2) is 12.8 Å². The third-order valence-electron chi connectivity index (χ3n) is 4.88. The average Bonchev–Trinajstić information content (AvgIpc) is 2.70. The predicted octanol–water partition coefficient (Wildman–Crippen LogP) is 8.53. The van der Waals surface area contributed by atoms with Crippen molar-refractivity contribution in [2.45, 2.75) is 37.3 Å². The first-order chi connectivity index (χ1) is 15.3. The van der Waals surface area contributed by atoms with Gasteiger partial charge in [-0.05, 0) is 36.4 Å². The van der Waals surface area contributed by atoms with Crippen LogP contribution in [0.2, 0.25) is 0 Å². The predicted molar refractivity (Wildman–Crippen MR) is 115 cm³/mol. The lowest BCUT2D eigenvalue weighted by Gasteiger charge is -2.29. The summed E-state index contributed by atoms with van der Waals surface area (Å²) in [6.45, 7) is 6.86. The molecule has 0 aliphatic heterocycles. The zero-order valence-corrected chi connectivity index (χ0v) is 19.0. The summed E-state index contributed by atoms with van der Waals surface area (Å²) in [7, 11) is 1.46. The minimum atomic E-state index is -4.98. The van der Waals surface area contributed by atoms with Crippen molar-refractivity contribution in [3.63, 3.8) is 0 Å². The Labute approximate surface area is 194 Å². The maximum atomic E-state index is 13.5. The van der Waals surface area contributed by atoms with Gasteiger partial charge in [-0.25, -0.2) is 0 Å². The lowest BCUT2D eigenvalue weighted by Crippen LogP contribution is -2.24. The molecule has 0 radical (unpaired) electrons. The van der Waals surface area contributed by atoms with E-state index < -0.39 is 40.6 Å². The van der Waals surface area contributed by atoms with Gasteiger partial charge in [0.2, 0.25) is 0 Å². The number of hydrogen-bond acceptors (Lipinski definition) is 3. The summed E-state index contributed by atoms with van der Waals surface area (Å²) in [5, 5.41) is 5.21. The fourth-order valence-corrected chi connectivity index (χ4v) is 3.86. The molecule has 2 aromatic carbocycles. The molecule has 2 N–H and O–H groups in total. The van der Waals surface area contributed by atoms with E-state index in [4.69, 9.17) is 0 Å². The van der Waals surface area contributed by atoms with Gasteiger partial charge in [0.05, 0.1) is 22.4 Å². The second kappa shape index (κ2) is 9.63. The molecule has 12 heteroatoms. The summed E-state index contributed by atoms with van der Waals surface area (Å²) in [4.78, 5) is -0.280.